The predicted octanol–water partition coefficient (Wildman–Crippen LogP) is 0.923. The molecule has 2 saturated heterocycles. The van der Waals surface area contributed by atoms with Crippen LogP contribution in [0.5, 0.6) is 0 Å². The summed E-state index contributed by atoms with van der Waals surface area (Å²) in [4.78, 5) is 40.4. The van der Waals surface area contributed by atoms with Crippen molar-refractivity contribution in [1.82, 2.24) is 9.80 Å². The maximum absolute atomic E-state index is 12.5. The quantitative estimate of drug-likeness (QED) is 0.772. The highest BCUT2D eigenvalue weighted by atomic mass is 35.5. The molecule has 0 aromatic rings. The number of nitrogens with zero attached hydrogens (tertiary/aromatic N) is 2. The van der Waals surface area contributed by atoms with Crippen LogP contribution < -0.4 is 5.73 Å². The lowest BCUT2D eigenvalue weighted by Crippen LogP contribution is -2.51. The summed E-state index contributed by atoms with van der Waals surface area (Å²) in [6.07, 6.45) is 6.54. The van der Waals surface area contributed by atoms with Gasteiger partial charge in [-0.1, -0.05) is 12.8 Å². The molecule has 23 heavy (non-hydrogen) atoms. The minimum absolute atomic E-state index is 0. The molecule has 3 fully saturated rings. The first kappa shape index (κ1) is 18.2. The zero-order valence-corrected chi connectivity index (χ0v) is 14.2. The Bertz CT molecular complexity index is 461. The summed E-state index contributed by atoms with van der Waals surface area (Å²) < 4.78 is 0. The molecule has 0 bridgehead atoms. The third kappa shape index (κ3) is 3.38. The summed E-state index contributed by atoms with van der Waals surface area (Å²) in [6, 6.07) is 0.0522. The van der Waals surface area contributed by atoms with E-state index in [1.807, 2.05) is 0 Å². The molecular weight excluding hydrogens is 318 g/mol. The Hall–Kier alpha value is -1.14. The van der Waals surface area contributed by atoms with Crippen molar-refractivity contribution in [1.29, 1.82) is 0 Å². The molecule has 3 aliphatic rings. The highest BCUT2D eigenvalue weighted by molar-refractivity contribution is 6.07. The van der Waals surface area contributed by atoms with Crippen molar-refractivity contribution >= 4 is 30.1 Å². The Balaban J connectivity index is 0.00000192. The number of nitrogens with two attached hydrogens (primary N) is 1. The van der Waals surface area contributed by atoms with Gasteiger partial charge in [-0.25, -0.2) is 0 Å². The molecule has 7 heteroatoms. The lowest BCUT2D eigenvalue weighted by Gasteiger charge is -2.35. The first-order chi connectivity index (χ1) is 10.6. The van der Waals surface area contributed by atoms with Gasteiger partial charge in [-0.05, 0) is 32.1 Å². The first-order valence-electron chi connectivity index (χ1n) is 8.48. The van der Waals surface area contributed by atoms with Crippen molar-refractivity contribution in [3.63, 3.8) is 0 Å². The van der Waals surface area contributed by atoms with Gasteiger partial charge >= 0.3 is 0 Å². The maximum atomic E-state index is 12.5. The van der Waals surface area contributed by atoms with E-state index >= 15 is 0 Å². The van der Waals surface area contributed by atoms with Gasteiger partial charge in [-0.15, -0.1) is 12.4 Å². The fourth-order valence-electron chi connectivity index (χ4n) is 4.19. The van der Waals surface area contributed by atoms with E-state index < -0.39 is 0 Å². The van der Waals surface area contributed by atoms with E-state index in [-0.39, 0.29) is 54.6 Å². The Morgan fingerprint density at radius 2 is 1.57 bits per heavy atom. The van der Waals surface area contributed by atoms with Crippen LogP contribution >= 0.6 is 12.4 Å². The molecular formula is C16H26ClN3O3. The van der Waals surface area contributed by atoms with E-state index in [2.05, 4.69) is 0 Å². The van der Waals surface area contributed by atoms with Gasteiger partial charge in [0, 0.05) is 19.1 Å². The molecule has 0 aromatic heterocycles. The molecule has 2 N–H and O–H groups in total. The smallest absolute Gasteiger partial charge is 0.243 e. The number of likely N-dealkylation sites (tertiary alicyclic amines) is 2. The van der Waals surface area contributed by atoms with Gasteiger partial charge < -0.3 is 10.6 Å². The largest absolute Gasteiger partial charge is 0.337 e. The topological polar surface area (TPSA) is 83.7 Å². The molecule has 1 saturated carbocycles. The average Bonchev–Trinajstić information content (AvgIpc) is 2.80. The molecule has 6 nitrogen and oxygen atoms in total. The maximum Gasteiger partial charge on any atom is 0.243 e. The Labute approximate surface area is 143 Å². The van der Waals surface area contributed by atoms with Gasteiger partial charge in [0.2, 0.25) is 17.7 Å². The molecule has 3 amide bonds. The molecule has 0 radical (unpaired) electrons. The highest BCUT2D eigenvalue weighted by Gasteiger charge is 2.48. The molecule has 3 atom stereocenters. The number of carbonyl (C=O) groups excluding carboxylic acids is 3. The summed E-state index contributed by atoms with van der Waals surface area (Å²) in [6.45, 7) is 1.03. The van der Waals surface area contributed by atoms with Crippen molar-refractivity contribution in [3.05, 3.63) is 0 Å². The van der Waals surface area contributed by atoms with Crippen LogP contribution in [-0.2, 0) is 14.4 Å². The third-order valence-electron chi connectivity index (χ3n) is 5.45. The fraction of sp³-hybridized carbons (Fsp3) is 0.812. The summed E-state index contributed by atoms with van der Waals surface area (Å²) in [5.74, 6) is -0.759. The number of hydrogen-bond donors (Lipinski definition) is 1. The SMILES string of the molecule is Cl.NCC1CCCCN1C(=O)CN1C(=O)C2CCCCC2C1=O. The van der Waals surface area contributed by atoms with E-state index in [0.29, 0.717) is 13.1 Å². The Kier molecular flexibility index (Phi) is 6.03. The van der Waals surface area contributed by atoms with Crippen molar-refractivity contribution < 1.29 is 14.4 Å². The summed E-state index contributed by atoms with van der Waals surface area (Å²) in [7, 11) is 0. The number of piperidine rings is 1. The van der Waals surface area contributed by atoms with Crippen molar-refractivity contribution in [3.8, 4) is 0 Å². The van der Waals surface area contributed by atoms with Gasteiger partial charge in [0.25, 0.3) is 0 Å². The molecule has 2 aliphatic heterocycles. The van der Waals surface area contributed by atoms with Gasteiger partial charge in [-0.3, -0.25) is 19.3 Å². The monoisotopic (exact) mass is 343 g/mol. The summed E-state index contributed by atoms with van der Waals surface area (Å²) in [5, 5.41) is 0. The second-order valence-corrected chi connectivity index (χ2v) is 6.73. The second-order valence-electron chi connectivity index (χ2n) is 6.73. The molecule has 130 valence electrons. The van der Waals surface area contributed by atoms with Crippen LogP contribution in [0.25, 0.3) is 0 Å². The number of hydrogen-bond acceptors (Lipinski definition) is 4. The van der Waals surface area contributed by atoms with Gasteiger partial charge in [0.1, 0.15) is 6.54 Å². The Morgan fingerprint density at radius 3 is 2.13 bits per heavy atom. The minimum Gasteiger partial charge on any atom is -0.337 e. The first-order valence-corrected chi connectivity index (χ1v) is 8.48. The van der Waals surface area contributed by atoms with E-state index in [1.54, 1.807) is 4.90 Å². The number of amides is 3. The zero-order chi connectivity index (χ0) is 15.7. The number of imide groups is 1. The molecule has 0 spiro atoms. The van der Waals surface area contributed by atoms with Gasteiger partial charge in [0.05, 0.1) is 11.8 Å². The predicted molar refractivity (Wildman–Crippen MR) is 87.8 cm³/mol. The van der Waals surface area contributed by atoms with Crippen molar-refractivity contribution in [2.75, 3.05) is 19.6 Å². The molecule has 0 aromatic carbocycles. The zero-order valence-electron chi connectivity index (χ0n) is 13.4. The van der Waals surface area contributed by atoms with Crippen molar-refractivity contribution in [2.45, 2.75) is 51.0 Å². The number of carbonyl (C=O) groups is 3. The Morgan fingerprint density at radius 1 is 1.00 bits per heavy atom. The van der Waals surface area contributed by atoms with E-state index in [1.165, 1.54) is 4.90 Å². The number of fused-ring (bicyclic) bond motifs is 1. The van der Waals surface area contributed by atoms with E-state index in [9.17, 15) is 14.4 Å². The highest BCUT2D eigenvalue weighted by Crippen LogP contribution is 2.38. The summed E-state index contributed by atoms with van der Waals surface area (Å²) in [5.41, 5.74) is 5.75. The molecule has 1 aliphatic carbocycles. The van der Waals surface area contributed by atoms with Crippen LogP contribution in [0.4, 0.5) is 0 Å². The molecule has 2 heterocycles. The lowest BCUT2D eigenvalue weighted by molar-refractivity contribution is -0.148. The molecule has 3 rings (SSSR count). The normalized spacial score (nSPS) is 30.9. The summed E-state index contributed by atoms with van der Waals surface area (Å²) >= 11 is 0. The van der Waals surface area contributed by atoms with Crippen LogP contribution in [0.15, 0.2) is 0 Å². The van der Waals surface area contributed by atoms with E-state index in [0.717, 1.165) is 44.9 Å². The van der Waals surface area contributed by atoms with E-state index in [4.69, 9.17) is 5.73 Å². The lowest BCUT2D eigenvalue weighted by atomic mass is 9.81. The second kappa shape index (κ2) is 7.62. The van der Waals surface area contributed by atoms with Crippen LogP contribution in [0.1, 0.15) is 44.9 Å². The van der Waals surface area contributed by atoms with Crippen LogP contribution in [0.3, 0.4) is 0 Å². The van der Waals surface area contributed by atoms with Crippen molar-refractivity contribution in [2.24, 2.45) is 17.6 Å². The standard InChI is InChI=1S/C16H25N3O3.ClH/c17-9-11-5-3-4-8-18(11)14(20)10-19-15(21)12-6-1-2-7-13(12)16(19)22;/h11-13H,1-10,17H2;1H. The van der Waals surface area contributed by atoms with Gasteiger partial charge in [-0.2, -0.15) is 0 Å². The van der Waals surface area contributed by atoms with Gasteiger partial charge in [0.15, 0.2) is 0 Å². The fourth-order valence-corrected chi connectivity index (χ4v) is 4.19. The van der Waals surface area contributed by atoms with Crippen LogP contribution in [0, 0.1) is 11.8 Å². The minimum atomic E-state index is -0.180. The molecule has 3 unspecified atom stereocenters. The van der Waals surface area contributed by atoms with Crippen LogP contribution in [0.2, 0.25) is 0 Å². The third-order valence-corrected chi connectivity index (χ3v) is 5.45. The number of halogens is 1. The number of rotatable bonds is 3. The average molecular weight is 344 g/mol. The van der Waals surface area contributed by atoms with Crippen LogP contribution in [-0.4, -0.2) is 53.2 Å².